The van der Waals surface area contributed by atoms with Gasteiger partial charge in [0.15, 0.2) is 0 Å². The van der Waals surface area contributed by atoms with Crippen molar-refractivity contribution in [3.8, 4) is 0 Å². The molecule has 2 rings (SSSR count). The molecule has 0 unspecified atom stereocenters. The van der Waals surface area contributed by atoms with Crippen LogP contribution in [0.4, 0.5) is 5.69 Å². The van der Waals surface area contributed by atoms with Crippen LogP contribution < -0.4 is 10.6 Å². The Labute approximate surface area is 111 Å². The third kappa shape index (κ3) is 2.87. The first kappa shape index (κ1) is 12.6. The molecule has 0 saturated heterocycles. The molecule has 94 valence electrons. The molecule has 18 heavy (non-hydrogen) atoms. The largest absolute Gasteiger partial charge is 0.384 e. The Hall–Kier alpha value is -1.88. The van der Waals surface area contributed by atoms with Crippen LogP contribution in [0.1, 0.15) is 16.3 Å². The molecule has 5 heteroatoms. The second kappa shape index (κ2) is 5.18. The third-order valence-corrected chi connectivity index (χ3v) is 3.49. The number of aryl methyl sites for hydroxylation is 1. The fraction of sp³-hybridized carbons (Fsp3) is 0.231. The average molecular weight is 260 g/mol. The highest BCUT2D eigenvalue weighted by molar-refractivity contribution is 7.09. The molecule has 1 heterocycles. The van der Waals surface area contributed by atoms with E-state index in [1.54, 1.807) is 11.3 Å². The number of nitrogens with zero attached hydrogens (tertiary/aromatic N) is 2. The van der Waals surface area contributed by atoms with E-state index in [1.165, 1.54) is 0 Å². The Balaban J connectivity index is 2.15. The summed E-state index contributed by atoms with van der Waals surface area (Å²) in [4.78, 5) is 6.54. The number of nitrogen functional groups attached to an aromatic ring is 1. The van der Waals surface area contributed by atoms with Gasteiger partial charge in [-0.3, -0.25) is 5.41 Å². The van der Waals surface area contributed by atoms with Crippen LogP contribution in [0.3, 0.4) is 0 Å². The Kier molecular flexibility index (Phi) is 3.62. The average Bonchev–Trinajstić information content (AvgIpc) is 2.75. The molecule has 0 aliphatic heterocycles. The summed E-state index contributed by atoms with van der Waals surface area (Å²) < 4.78 is 0. The molecule has 0 saturated carbocycles. The van der Waals surface area contributed by atoms with Gasteiger partial charge in [0, 0.05) is 23.7 Å². The van der Waals surface area contributed by atoms with Gasteiger partial charge < -0.3 is 10.6 Å². The van der Waals surface area contributed by atoms with Crippen LogP contribution >= 0.6 is 11.3 Å². The summed E-state index contributed by atoms with van der Waals surface area (Å²) in [5.41, 5.74) is 8.34. The molecule has 0 atom stereocenters. The number of nitrogens with one attached hydrogen (secondary N) is 1. The molecule has 0 bridgehead atoms. The lowest BCUT2D eigenvalue weighted by Crippen LogP contribution is -2.18. The summed E-state index contributed by atoms with van der Waals surface area (Å²) in [6, 6.07) is 7.68. The summed E-state index contributed by atoms with van der Waals surface area (Å²) >= 11 is 1.66. The lowest BCUT2D eigenvalue weighted by atomic mass is 10.1. The number of hydrogen-bond donors (Lipinski definition) is 2. The maximum atomic E-state index is 7.45. The third-order valence-electron chi connectivity index (χ3n) is 2.66. The zero-order valence-corrected chi connectivity index (χ0v) is 11.3. The smallest absolute Gasteiger partial charge is 0.122 e. The summed E-state index contributed by atoms with van der Waals surface area (Å²) in [6.07, 6.45) is 0. The fourth-order valence-corrected chi connectivity index (χ4v) is 2.33. The van der Waals surface area contributed by atoms with Gasteiger partial charge in [-0.15, -0.1) is 11.3 Å². The lowest BCUT2D eigenvalue weighted by Gasteiger charge is -2.18. The SMILES string of the molecule is Cc1nc(CN(C)c2cccc(C(=N)N)c2)cs1. The van der Waals surface area contributed by atoms with Gasteiger partial charge in [0.05, 0.1) is 17.2 Å². The van der Waals surface area contributed by atoms with Crippen LogP contribution in [0.5, 0.6) is 0 Å². The summed E-state index contributed by atoms with van der Waals surface area (Å²) in [7, 11) is 2.01. The number of hydrogen-bond acceptors (Lipinski definition) is 4. The van der Waals surface area contributed by atoms with Gasteiger partial charge in [0.25, 0.3) is 0 Å². The van der Waals surface area contributed by atoms with Gasteiger partial charge in [-0.1, -0.05) is 12.1 Å². The number of anilines is 1. The summed E-state index contributed by atoms with van der Waals surface area (Å²) in [5.74, 6) is 0.0924. The normalized spacial score (nSPS) is 10.3. The molecule has 0 amide bonds. The minimum Gasteiger partial charge on any atom is -0.384 e. The van der Waals surface area contributed by atoms with E-state index in [-0.39, 0.29) is 5.84 Å². The Morgan fingerprint density at radius 1 is 1.50 bits per heavy atom. The second-order valence-corrected chi connectivity index (χ2v) is 5.24. The van der Waals surface area contributed by atoms with Crippen LogP contribution in [0.15, 0.2) is 29.6 Å². The molecule has 2 aromatic rings. The van der Waals surface area contributed by atoms with E-state index in [9.17, 15) is 0 Å². The summed E-state index contributed by atoms with van der Waals surface area (Å²) in [6.45, 7) is 2.76. The summed E-state index contributed by atoms with van der Waals surface area (Å²) in [5, 5.41) is 10.6. The molecule has 0 spiro atoms. The standard InChI is InChI=1S/C13H16N4S/c1-9-16-11(8-18-9)7-17(2)12-5-3-4-10(6-12)13(14)15/h3-6,8H,7H2,1-2H3,(H3,14,15). The van der Waals surface area contributed by atoms with E-state index >= 15 is 0 Å². The van der Waals surface area contributed by atoms with E-state index in [0.717, 1.165) is 28.5 Å². The van der Waals surface area contributed by atoms with E-state index < -0.39 is 0 Å². The van der Waals surface area contributed by atoms with Crippen molar-refractivity contribution < 1.29 is 0 Å². The molecular weight excluding hydrogens is 244 g/mol. The molecule has 0 radical (unpaired) electrons. The predicted octanol–water partition coefficient (Wildman–Crippen LogP) is 2.37. The Morgan fingerprint density at radius 3 is 2.89 bits per heavy atom. The first-order valence-electron chi connectivity index (χ1n) is 5.63. The first-order chi connectivity index (χ1) is 8.56. The quantitative estimate of drug-likeness (QED) is 0.655. The first-order valence-corrected chi connectivity index (χ1v) is 6.51. The number of benzene rings is 1. The van der Waals surface area contributed by atoms with Crippen molar-refractivity contribution in [3.05, 3.63) is 45.9 Å². The molecule has 1 aromatic heterocycles. The van der Waals surface area contributed by atoms with Crippen molar-refractivity contribution in [1.82, 2.24) is 4.98 Å². The van der Waals surface area contributed by atoms with Crippen molar-refractivity contribution in [2.24, 2.45) is 5.73 Å². The zero-order valence-electron chi connectivity index (χ0n) is 10.5. The van der Waals surface area contributed by atoms with Crippen molar-refractivity contribution in [3.63, 3.8) is 0 Å². The Morgan fingerprint density at radius 2 is 2.28 bits per heavy atom. The van der Waals surface area contributed by atoms with Gasteiger partial charge in [-0.2, -0.15) is 0 Å². The van der Waals surface area contributed by atoms with Gasteiger partial charge in [-0.25, -0.2) is 4.98 Å². The van der Waals surface area contributed by atoms with Gasteiger partial charge in [0.1, 0.15) is 5.84 Å². The topological polar surface area (TPSA) is 66.0 Å². The minimum absolute atomic E-state index is 0.0924. The van der Waals surface area contributed by atoms with E-state index in [1.807, 2.05) is 38.2 Å². The zero-order chi connectivity index (χ0) is 13.1. The minimum atomic E-state index is 0.0924. The molecule has 0 aliphatic rings. The van der Waals surface area contributed by atoms with Gasteiger partial charge in [0.2, 0.25) is 0 Å². The lowest BCUT2D eigenvalue weighted by molar-refractivity contribution is 0.890. The number of amidine groups is 1. The molecule has 4 nitrogen and oxygen atoms in total. The number of thiazole rings is 1. The van der Waals surface area contributed by atoms with Crippen molar-refractivity contribution >= 4 is 22.9 Å². The highest BCUT2D eigenvalue weighted by Crippen LogP contribution is 2.18. The van der Waals surface area contributed by atoms with Crippen LogP contribution in [0.2, 0.25) is 0 Å². The highest BCUT2D eigenvalue weighted by Gasteiger charge is 2.06. The molecule has 0 fully saturated rings. The number of rotatable bonds is 4. The number of aromatic nitrogens is 1. The molecular formula is C13H16N4S. The van der Waals surface area contributed by atoms with Crippen LogP contribution in [-0.4, -0.2) is 17.9 Å². The maximum Gasteiger partial charge on any atom is 0.122 e. The monoisotopic (exact) mass is 260 g/mol. The fourth-order valence-electron chi connectivity index (χ4n) is 1.73. The maximum absolute atomic E-state index is 7.45. The molecule has 0 aliphatic carbocycles. The van der Waals surface area contributed by atoms with Gasteiger partial charge >= 0.3 is 0 Å². The van der Waals surface area contributed by atoms with E-state index in [2.05, 4.69) is 15.3 Å². The van der Waals surface area contributed by atoms with Crippen LogP contribution in [0, 0.1) is 12.3 Å². The highest BCUT2D eigenvalue weighted by atomic mass is 32.1. The van der Waals surface area contributed by atoms with E-state index in [0.29, 0.717) is 0 Å². The van der Waals surface area contributed by atoms with E-state index in [4.69, 9.17) is 11.1 Å². The van der Waals surface area contributed by atoms with Gasteiger partial charge in [-0.05, 0) is 19.1 Å². The van der Waals surface area contributed by atoms with Crippen molar-refractivity contribution in [2.45, 2.75) is 13.5 Å². The number of nitrogens with two attached hydrogens (primary N) is 1. The van der Waals surface area contributed by atoms with Crippen molar-refractivity contribution in [2.75, 3.05) is 11.9 Å². The Bertz CT molecular complexity index is 562. The molecule has 3 N–H and O–H groups in total. The molecule has 1 aromatic carbocycles. The van der Waals surface area contributed by atoms with Crippen molar-refractivity contribution in [1.29, 1.82) is 5.41 Å². The predicted molar refractivity (Wildman–Crippen MR) is 76.4 cm³/mol. The van der Waals surface area contributed by atoms with Crippen LogP contribution in [0.25, 0.3) is 0 Å². The second-order valence-electron chi connectivity index (χ2n) is 4.18. The van der Waals surface area contributed by atoms with Crippen LogP contribution in [-0.2, 0) is 6.54 Å².